The standard InChI is InChI=1S/C20H22ClNO3/c1-12(2)17-10-5-7-13(3)18(17)22-19(23)14(4)25-20(24)15-8-6-9-16(21)11-15/h5-12,14H,1-4H3,(H,22,23)/t14-/m1/s1. The molecule has 0 aliphatic heterocycles. The number of nitrogens with one attached hydrogen (secondary N) is 1. The Labute approximate surface area is 153 Å². The van der Waals surface area contributed by atoms with Gasteiger partial charge in [0.25, 0.3) is 5.91 Å². The Hall–Kier alpha value is -2.33. The smallest absolute Gasteiger partial charge is 0.338 e. The lowest BCUT2D eigenvalue weighted by Crippen LogP contribution is -2.30. The van der Waals surface area contributed by atoms with E-state index >= 15 is 0 Å². The molecule has 0 aliphatic rings. The summed E-state index contributed by atoms with van der Waals surface area (Å²) in [7, 11) is 0. The Balaban J connectivity index is 2.10. The van der Waals surface area contributed by atoms with E-state index in [1.54, 1.807) is 25.1 Å². The molecule has 0 heterocycles. The summed E-state index contributed by atoms with van der Waals surface area (Å²) in [5.41, 5.74) is 3.09. The number of benzene rings is 2. The van der Waals surface area contributed by atoms with Gasteiger partial charge in [-0.05, 0) is 49.1 Å². The topological polar surface area (TPSA) is 55.4 Å². The summed E-state index contributed by atoms with van der Waals surface area (Å²) in [6, 6.07) is 12.3. The van der Waals surface area contributed by atoms with Crippen LogP contribution < -0.4 is 5.32 Å². The monoisotopic (exact) mass is 359 g/mol. The van der Waals surface area contributed by atoms with Crippen molar-refractivity contribution in [3.8, 4) is 0 Å². The molecule has 0 fully saturated rings. The van der Waals surface area contributed by atoms with E-state index in [-0.39, 0.29) is 11.8 Å². The van der Waals surface area contributed by atoms with Gasteiger partial charge in [0.1, 0.15) is 0 Å². The zero-order valence-corrected chi connectivity index (χ0v) is 15.6. The van der Waals surface area contributed by atoms with Crippen LogP contribution in [0.3, 0.4) is 0 Å². The van der Waals surface area contributed by atoms with Crippen LogP contribution in [0, 0.1) is 6.92 Å². The average molecular weight is 360 g/mol. The molecular weight excluding hydrogens is 338 g/mol. The van der Waals surface area contributed by atoms with E-state index in [1.165, 1.54) is 6.07 Å². The number of carbonyl (C=O) groups is 2. The van der Waals surface area contributed by atoms with Gasteiger partial charge in [0.15, 0.2) is 6.10 Å². The fourth-order valence-corrected chi connectivity index (χ4v) is 2.66. The minimum atomic E-state index is -0.925. The summed E-state index contributed by atoms with van der Waals surface area (Å²) >= 11 is 5.87. The van der Waals surface area contributed by atoms with Crippen LogP contribution in [0.15, 0.2) is 42.5 Å². The van der Waals surface area contributed by atoms with Crippen LogP contribution in [0.2, 0.25) is 5.02 Å². The van der Waals surface area contributed by atoms with Crippen molar-refractivity contribution in [3.63, 3.8) is 0 Å². The Morgan fingerprint density at radius 2 is 1.76 bits per heavy atom. The van der Waals surface area contributed by atoms with E-state index < -0.39 is 12.1 Å². The molecule has 2 aromatic carbocycles. The van der Waals surface area contributed by atoms with Crippen LogP contribution in [0.4, 0.5) is 5.69 Å². The van der Waals surface area contributed by atoms with E-state index in [9.17, 15) is 9.59 Å². The van der Waals surface area contributed by atoms with Gasteiger partial charge in [-0.3, -0.25) is 4.79 Å². The predicted octanol–water partition coefficient (Wildman–Crippen LogP) is 4.96. The first-order valence-corrected chi connectivity index (χ1v) is 8.54. The third-order valence-electron chi connectivity index (χ3n) is 3.89. The molecule has 2 rings (SSSR count). The molecule has 0 saturated carbocycles. The molecule has 0 bridgehead atoms. The van der Waals surface area contributed by atoms with Crippen LogP contribution in [0.5, 0.6) is 0 Å². The van der Waals surface area contributed by atoms with E-state index in [0.717, 1.165) is 16.8 Å². The highest BCUT2D eigenvalue weighted by atomic mass is 35.5. The molecule has 25 heavy (non-hydrogen) atoms. The van der Waals surface area contributed by atoms with Crippen molar-refractivity contribution in [2.75, 3.05) is 5.32 Å². The molecule has 4 nitrogen and oxygen atoms in total. The van der Waals surface area contributed by atoms with Gasteiger partial charge in [0, 0.05) is 10.7 Å². The largest absolute Gasteiger partial charge is 0.449 e. The lowest BCUT2D eigenvalue weighted by molar-refractivity contribution is -0.123. The number of hydrogen-bond acceptors (Lipinski definition) is 3. The van der Waals surface area contributed by atoms with E-state index in [0.29, 0.717) is 10.6 Å². The molecule has 2 aromatic rings. The normalized spacial score (nSPS) is 11.9. The third kappa shape index (κ3) is 4.83. The summed E-state index contributed by atoms with van der Waals surface area (Å²) < 4.78 is 5.26. The number of para-hydroxylation sites is 1. The van der Waals surface area contributed by atoms with Gasteiger partial charge in [-0.2, -0.15) is 0 Å². The van der Waals surface area contributed by atoms with Crippen molar-refractivity contribution < 1.29 is 14.3 Å². The van der Waals surface area contributed by atoms with Gasteiger partial charge in [-0.1, -0.05) is 49.7 Å². The molecule has 0 saturated heterocycles. The van der Waals surface area contributed by atoms with Crippen molar-refractivity contribution >= 4 is 29.2 Å². The summed E-state index contributed by atoms with van der Waals surface area (Å²) in [6.07, 6.45) is -0.925. The Morgan fingerprint density at radius 1 is 1.08 bits per heavy atom. The van der Waals surface area contributed by atoms with Gasteiger partial charge >= 0.3 is 5.97 Å². The summed E-state index contributed by atoms with van der Waals surface area (Å²) in [4.78, 5) is 24.6. The first-order chi connectivity index (χ1) is 11.8. The highest BCUT2D eigenvalue weighted by molar-refractivity contribution is 6.30. The molecule has 132 valence electrons. The number of ether oxygens (including phenoxy) is 1. The fourth-order valence-electron chi connectivity index (χ4n) is 2.46. The second kappa shape index (κ2) is 8.17. The first-order valence-electron chi connectivity index (χ1n) is 8.16. The highest BCUT2D eigenvalue weighted by Gasteiger charge is 2.21. The van der Waals surface area contributed by atoms with Gasteiger partial charge in [-0.25, -0.2) is 4.79 Å². The van der Waals surface area contributed by atoms with Gasteiger partial charge in [-0.15, -0.1) is 0 Å². The van der Waals surface area contributed by atoms with Crippen molar-refractivity contribution in [3.05, 3.63) is 64.2 Å². The molecule has 0 aromatic heterocycles. The number of halogens is 1. The predicted molar refractivity (Wildman–Crippen MR) is 100 cm³/mol. The third-order valence-corrected chi connectivity index (χ3v) is 4.12. The molecule has 0 spiro atoms. The van der Waals surface area contributed by atoms with Crippen LogP contribution in [-0.2, 0) is 9.53 Å². The molecule has 5 heteroatoms. The number of hydrogen-bond donors (Lipinski definition) is 1. The summed E-state index contributed by atoms with van der Waals surface area (Å²) in [5.74, 6) is -0.690. The lowest BCUT2D eigenvalue weighted by Gasteiger charge is -2.19. The minimum absolute atomic E-state index is 0.263. The molecule has 1 atom stereocenters. The maximum atomic E-state index is 12.5. The molecular formula is C20H22ClNO3. The molecule has 0 radical (unpaired) electrons. The zero-order chi connectivity index (χ0) is 18.6. The second-order valence-electron chi connectivity index (χ2n) is 6.24. The Kier molecular flexibility index (Phi) is 6.21. The van der Waals surface area contributed by atoms with Gasteiger partial charge in [0.2, 0.25) is 0 Å². The number of anilines is 1. The van der Waals surface area contributed by atoms with Gasteiger partial charge in [0.05, 0.1) is 5.56 Å². The van der Waals surface area contributed by atoms with E-state index in [1.807, 2.05) is 25.1 Å². The Morgan fingerprint density at radius 3 is 2.40 bits per heavy atom. The highest BCUT2D eigenvalue weighted by Crippen LogP contribution is 2.27. The molecule has 0 unspecified atom stereocenters. The minimum Gasteiger partial charge on any atom is -0.449 e. The Bertz CT molecular complexity index is 786. The number of aryl methyl sites for hydroxylation is 1. The van der Waals surface area contributed by atoms with E-state index in [2.05, 4.69) is 19.2 Å². The van der Waals surface area contributed by atoms with Crippen LogP contribution >= 0.6 is 11.6 Å². The molecule has 1 N–H and O–H groups in total. The zero-order valence-electron chi connectivity index (χ0n) is 14.8. The number of carbonyl (C=O) groups excluding carboxylic acids is 2. The number of amides is 1. The van der Waals surface area contributed by atoms with Gasteiger partial charge < -0.3 is 10.1 Å². The van der Waals surface area contributed by atoms with Crippen molar-refractivity contribution in [1.82, 2.24) is 0 Å². The van der Waals surface area contributed by atoms with E-state index in [4.69, 9.17) is 16.3 Å². The maximum absolute atomic E-state index is 12.5. The lowest BCUT2D eigenvalue weighted by atomic mass is 9.98. The fraction of sp³-hybridized carbons (Fsp3) is 0.300. The number of rotatable bonds is 5. The molecule has 0 aliphatic carbocycles. The van der Waals surface area contributed by atoms with Crippen LogP contribution in [0.25, 0.3) is 0 Å². The van der Waals surface area contributed by atoms with Crippen LogP contribution in [0.1, 0.15) is 48.2 Å². The van der Waals surface area contributed by atoms with Crippen molar-refractivity contribution in [2.45, 2.75) is 39.7 Å². The summed E-state index contributed by atoms with van der Waals surface area (Å²) in [6.45, 7) is 7.61. The van der Waals surface area contributed by atoms with Crippen molar-refractivity contribution in [2.24, 2.45) is 0 Å². The first kappa shape index (κ1) is 19.0. The van der Waals surface area contributed by atoms with Crippen molar-refractivity contribution in [1.29, 1.82) is 0 Å². The maximum Gasteiger partial charge on any atom is 0.338 e. The SMILES string of the molecule is Cc1cccc(C(C)C)c1NC(=O)[C@@H](C)OC(=O)c1cccc(Cl)c1. The summed E-state index contributed by atoms with van der Waals surface area (Å²) in [5, 5.41) is 3.32. The average Bonchev–Trinajstić information content (AvgIpc) is 2.56. The van der Waals surface area contributed by atoms with Crippen LogP contribution in [-0.4, -0.2) is 18.0 Å². The number of esters is 1. The molecule has 1 amide bonds. The quantitative estimate of drug-likeness (QED) is 0.768. The second-order valence-corrected chi connectivity index (χ2v) is 6.68.